The quantitative estimate of drug-likeness (QED) is 0.684. The number of alkyl carbamates (subject to hydrolysis) is 1. The molecule has 1 fully saturated rings. The maximum absolute atomic E-state index is 12.0. The van der Waals surface area contributed by atoms with Crippen molar-refractivity contribution in [3.8, 4) is 0 Å². The molecule has 1 aliphatic rings. The van der Waals surface area contributed by atoms with E-state index < -0.39 is 18.0 Å². The molecule has 1 saturated heterocycles. The zero-order chi connectivity index (χ0) is 16.0. The van der Waals surface area contributed by atoms with Crippen LogP contribution in [0.3, 0.4) is 0 Å². The van der Waals surface area contributed by atoms with Crippen molar-refractivity contribution in [2.75, 3.05) is 26.7 Å². The average molecular weight is 301 g/mol. The van der Waals surface area contributed by atoms with Gasteiger partial charge in [-0.3, -0.25) is 4.79 Å². The Morgan fingerprint density at radius 2 is 2.05 bits per heavy atom. The lowest BCUT2D eigenvalue weighted by Gasteiger charge is -2.21. The van der Waals surface area contributed by atoms with Gasteiger partial charge >= 0.3 is 18.1 Å². The molecule has 2 atom stereocenters. The summed E-state index contributed by atoms with van der Waals surface area (Å²) < 4.78 is 4.51. The van der Waals surface area contributed by atoms with Crippen molar-refractivity contribution in [2.24, 2.45) is 11.8 Å². The molecule has 120 valence electrons. The lowest BCUT2D eigenvalue weighted by molar-refractivity contribution is -0.142. The minimum Gasteiger partial charge on any atom is -0.481 e. The van der Waals surface area contributed by atoms with Gasteiger partial charge in [0.25, 0.3) is 0 Å². The summed E-state index contributed by atoms with van der Waals surface area (Å²) in [6.07, 6.45) is 0.128. The topological polar surface area (TPSA) is 108 Å². The van der Waals surface area contributed by atoms with Crippen LogP contribution in [-0.4, -0.2) is 60.9 Å². The molecule has 2 unspecified atom stereocenters. The number of carboxylic acids is 1. The largest absolute Gasteiger partial charge is 0.481 e. The van der Waals surface area contributed by atoms with Gasteiger partial charge < -0.3 is 25.4 Å². The molecule has 0 aromatic carbocycles. The van der Waals surface area contributed by atoms with Crippen molar-refractivity contribution in [2.45, 2.75) is 26.3 Å². The van der Waals surface area contributed by atoms with Crippen molar-refractivity contribution >= 4 is 18.1 Å². The number of likely N-dealkylation sites (tertiary alicyclic amines) is 1. The smallest absolute Gasteiger partial charge is 0.407 e. The lowest BCUT2D eigenvalue weighted by atomic mass is 9.96. The van der Waals surface area contributed by atoms with E-state index in [9.17, 15) is 14.4 Å². The Bertz CT molecular complexity index is 399. The number of carbonyl (C=O) groups excluding carboxylic acids is 2. The monoisotopic (exact) mass is 301 g/mol. The highest BCUT2D eigenvalue weighted by Gasteiger charge is 2.29. The second-order valence-corrected chi connectivity index (χ2v) is 5.44. The van der Waals surface area contributed by atoms with Gasteiger partial charge in [0, 0.05) is 19.6 Å². The van der Waals surface area contributed by atoms with Gasteiger partial charge in [-0.2, -0.15) is 0 Å². The molecule has 0 bridgehead atoms. The van der Waals surface area contributed by atoms with Crippen LogP contribution in [0.15, 0.2) is 0 Å². The molecular weight excluding hydrogens is 278 g/mol. The molecule has 21 heavy (non-hydrogen) atoms. The van der Waals surface area contributed by atoms with Crippen molar-refractivity contribution in [3.05, 3.63) is 0 Å². The molecule has 0 radical (unpaired) electrons. The molecule has 1 aliphatic heterocycles. The molecule has 1 rings (SSSR count). The number of ether oxygens (including phenoxy) is 1. The van der Waals surface area contributed by atoms with E-state index in [2.05, 4.69) is 15.4 Å². The van der Waals surface area contributed by atoms with Gasteiger partial charge in [-0.05, 0) is 12.3 Å². The number of nitrogens with one attached hydrogen (secondary N) is 2. The van der Waals surface area contributed by atoms with Crippen LogP contribution in [0.25, 0.3) is 0 Å². The van der Waals surface area contributed by atoms with E-state index in [-0.39, 0.29) is 24.5 Å². The van der Waals surface area contributed by atoms with Gasteiger partial charge in [-0.25, -0.2) is 9.59 Å². The standard InChI is InChI=1S/C13H23N3O5/c1-8(2)10(11(17)18)6-14-12(19)16-5-4-9(7-16)15-13(20)21-3/h8-10H,4-7H2,1-3H3,(H,14,19)(H,15,20)(H,17,18). The summed E-state index contributed by atoms with van der Waals surface area (Å²) in [4.78, 5) is 35.7. The fourth-order valence-electron chi connectivity index (χ4n) is 2.21. The maximum Gasteiger partial charge on any atom is 0.407 e. The SMILES string of the molecule is COC(=O)NC1CCN(C(=O)NCC(C(=O)O)C(C)C)C1. The zero-order valence-electron chi connectivity index (χ0n) is 12.6. The molecule has 0 aromatic heterocycles. The third-order valence-corrected chi connectivity index (χ3v) is 3.58. The Kier molecular flexibility index (Phi) is 6.26. The first-order valence-electron chi connectivity index (χ1n) is 6.95. The van der Waals surface area contributed by atoms with E-state index in [0.29, 0.717) is 19.5 Å². The highest BCUT2D eigenvalue weighted by Crippen LogP contribution is 2.12. The van der Waals surface area contributed by atoms with E-state index in [1.54, 1.807) is 18.7 Å². The molecule has 0 aliphatic carbocycles. The van der Waals surface area contributed by atoms with Crippen LogP contribution >= 0.6 is 0 Å². The molecule has 3 amide bonds. The molecule has 3 N–H and O–H groups in total. The normalized spacial score (nSPS) is 19.2. The summed E-state index contributed by atoms with van der Waals surface area (Å²) >= 11 is 0. The first kappa shape index (κ1) is 17.1. The summed E-state index contributed by atoms with van der Waals surface area (Å²) in [5.74, 6) is -1.59. The number of rotatable bonds is 5. The van der Waals surface area contributed by atoms with Crippen LogP contribution in [-0.2, 0) is 9.53 Å². The third-order valence-electron chi connectivity index (χ3n) is 3.58. The van der Waals surface area contributed by atoms with Crippen molar-refractivity contribution in [3.63, 3.8) is 0 Å². The summed E-state index contributed by atoms with van der Waals surface area (Å²) in [5.41, 5.74) is 0. The number of amides is 3. The first-order chi connectivity index (χ1) is 9.85. The average Bonchev–Trinajstić information content (AvgIpc) is 2.86. The number of methoxy groups -OCH3 is 1. The van der Waals surface area contributed by atoms with Crippen LogP contribution in [0.5, 0.6) is 0 Å². The second kappa shape index (κ2) is 7.70. The molecule has 8 heteroatoms. The number of urea groups is 1. The summed E-state index contributed by atoms with van der Waals surface area (Å²) in [6, 6.07) is -0.445. The van der Waals surface area contributed by atoms with E-state index >= 15 is 0 Å². The van der Waals surface area contributed by atoms with E-state index in [1.165, 1.54) is 7.11 Å². The number of carbonyl (C=O) groups is 3. The molecule has 1 heterocycles. The number of hydrogen-bond donors (Lipinski definition) is 3. The van der Waals surface area contributed by atoms with Gasteiger partial charge in [-0.1, -0.05) is 13.8 Å². The second-order valence-electron chi connectivity index (χ2n) is 5.44. The van der Waals surface area contributed by atoms with Crippen LogP contribution < -0.4 is 10.6 Å². The van der Waals surface area contributed by atoms with E-state index in [4.69, 9.17) is 5.11 Å². The molecule has 0 aromatic rings. The van der Waals surface area contributed by atoms with Gasteiger partial charge in [0.2, 0.25) is 0 Å². The summed E-state index contributed by atoms with van der Waals surface area (Å²) in [7, 11) is 1.28. The van der Waals surface area contributed by atoms with Crippen LogP contribution in [0.1, 0.15) is 20.3 Å². The van der Waals surface area contributed by atoms with Crippen LogP contribution in [0.2, 0.25) is 0 Å². The summed E-state index contributed by atoms with van der Waals surface area (Å²) in [6.45, 7) is 4.60. The van der Waals surface area contributed by atoms with E-state index in [0.717, 1.165) is 0 Å². The van der Waals surface area contributed by atoms with Gasteiger partial charge in [0.15, 0.2) is 0 Å². The van der Waals surface area contributed by atoms with Crippen molar-refractivity contribution < 1.29 is 24.2 Å². The first-order valence-corrected chi connectivity index (χ1v) is 6.95. The predicted molar refractivity (Wildman–Crippen MR) is 74.9 cm³/mol. The highest BCUT2D eigenvalue weighted by molar-refractivity contribution is 5.76. The minimum atomic E-state index is -0.919. The predicted octanol–water partition coefficient (Wildman–Crippen LogP) is 0.483. The zero-order valence-corrected chi connectivity index (χ0v) is 12.6. The van der Waals surface area contributed by atoms with Gasteiger partial charge in [0.1, 0.15) is 0 Å². The van der Waals surface area contributed by atoms with Crippen molar-refractivity contribution in [1.82, 2.24) is 15.5 Å². The van der Waals surface area contributed by atoms with E-state index in [1.807, 2.05) is 0 Å². The van der Waals surface area contributed by atoms with Crippen LogP contribution in [0, 0.1) is 11.8 Å². The number of carboxylic acid groups (broad SMARTS) is 1. The van der Waals surface area contributed by atoms with Crippen LogP contribution in [0.4, 0.5) is 9.59 Å². The Morgan fingerprint density at radius 1 is 1.38 bits per heavy atom. The molecular formula is C13H23N3O5. The molecule has 0 saturated carbocycles. The number of hydrogen-bond acceptors (Lipinski definition) is 4. The van der Waals surface area contributed by atoms with Gasteiger partial charge in [0.05, 0.1) is 19.1 Å². The fraction of sp³-hybridized carbons (Fsp3) is 0.769. The Balaban J connectivity index is 2.40. The number of nitrogens with zero attached hydrogens (tertiary/aromatic N) is 1. The Morgan fingerprint density at radius 3 is 2.57 bits per heavy atom. The highest BCUT2D eigenvalue weighted by atomic mass is 16.5. The Hall–Kier alpha value is -1.99. The lowest BCUT2D eigenvalue weighted by Crippen LogP contribution is -2.44. The fourth-order valence-corrected chi connectivity index (χ4v) is 2.21. The maximum atomic E-state index is 12.0. The molecule has 0 spiro atoms. The Labute approximate surface area is 123 Å². The molecule has 8 nitrogen and oxygen atoms in total. The summed E-state index contributed by atoms with van der Waals surface area (Å²) in [5, 5.41) is 14.3. The van der Waals surface area contributed by atoms with Crippen molar-refractivity contribution in [1.29, 1.82) is 0 Å². The van der Waals surface area contributed by atoms with Gasteiger partial charge in [-0.15, -0.1) is 0 Å². The minimum absolute atomic E-state index is 0.0601. The number of aliphatic carboxylic acids is 1. The third kappa shape index (κ3) is 5.13.